The van der Waals surface area contributed by atoms with E-state index in [1.54, 1.807) is 7.05 Å². The lowest BCUT2D eigenvalue weighted by Crippen LogP contribution is -2.14. The highest BCUT2D eigenvalue weighted by molar-refractivity contribution is 5.38. The molecule has 1 N–H and O–H groups in total. The van der Waals surface area contributed by atoms with E-state index in [0.717, 1.165) is 18.4 Å². The van der Waals surface area contributed by atoms with E-state index in [9.17, 15) is 0 Å². The van der Waals surface area contributed by atoms with Crippen LogP contribution in [0, 0.1) is 11.3 Å². The molecule has 80 valence electrons. The summed E-state index contributed by atoms with van der Waals surface area (Å²) in [5.41, 5.74) is 4.33. The Morgan fingerprint density at radius 3 is 2.80 bits per heavy atom. The average molecular weight is 204 g/mol. The van der Waals surface area contributed by atoms with Crippen molar-refractivity contribution in [2.75, 3.05) is 7.05 Å². The summed E-state index contributed by atoms with van der Waals surface area (Å²) in [4.78, 5) is 5.41. The maximum absolute atomic E-state index is 8.98. The molecule has 15 heavy (non-hydrogen) atoms. The lowest BCUT2D eigenvalue weighted by atomic mass is 10.0. The quantitative estimate of drug-likeness (QED) is 0.750. The Balaban J connectivity index is 2.94. The van der Waals surface area contributed by atoms with Crippen molar-refractivity contribution in [2.24, 2.45) is 0 Å². The normalized spacial score (nSPS) is 12.1. The first-order valence-corrected chi connectivity index (χ1v) is 5.14. The van der Waals surface area contributed by atoms with E-state index >= 15 is 0 Å². The number of hydroxylamine groups is 1. The Hall–Kier alpha value is -1.37. The summed E-state index contributed by atoms with van der Waals surface area (Å²) in [7, 11) is 1.73. The third-order valence-electron chi connectivity index (χ3n) is 2.24. The Kier molecular flexibility index (Phi) is 4.82. The van der Waals surface area contributed by atoms with Gasteiger partial charge >= 0.3 is 0 Å². The van der Waals surface area contributed by atoms with Crippen LogP contribution in [0.3, 0.4) is 0 Å². The largest absolute Gasteiger partial charge is 0.294 e. The summed E-state index contributed by atoms with van der Waals surface area (Å²) >= 11 is 0. The summed E-state index contributed by atoms with van der Waals surface area (Å²) in [5, 5.41) is 8.98. The molecule has 0 saturated heterocycles. The number of nitrogens with zero attached hydrogens (tertiary/aromatic N) is 1. The van der Waals surface area contributed by atoms with Gasteiger partial charge in [-0.05, 0) is 12.5 Å². The van der Waals surface area contributed by atoms with Crippen LogP contribution in [-0.4, -0.2) is 7.05 Å². The number of nitriles is 1. The molecule has 0 aliphatic rings. The second-order valence-corrected chi connectivity index (χ2v) is 3.30. The standard InChI is InChI=1S/C12H16N2O/c1-3-6-12(15-14-2)11-8-5-4-7-10(11)9-13/h4-5,7-8,12,14H,3,6H2,1-2H3. The molecule has 0 aliphatic carbocycles. The van der Waals surface area contributed by atoms with Crippen molar-refractivity contribution in [3.8, 4) is 6.07 Å². The lowest BCUT2D eigenvalue weighted by Gasteiger charge is -2.17. The zero-order valence-corrected chi connectivity index (χ0v) is 9.16. The fraction of sp³-hybridized carbons (Fsp3) is 0.417. The minimum Gasteiger partial charge on any atom is -0.294 e. The number of rotatable bonds is 5. The van der Waals surface area contributed by atoms with Crippen molar-refractivity contribution in [3.05, 3.63) is 35.4 Å². The average Bonchev–Trinajstić information content (AvgIpc) is 2.29. The second-order valence-electron chi connectivity index (χ2n) is 3.30. The molecular formula is C12H16N2O. The predicted molar refractivity (Wildman–Crippen MR) is 59.0 cm³/mol. The molecule has 1 aromatic carbocycles. The van der Waals surface area contributed by atoms with Crippen molar-refractivity contribution in [1.29, 1.82) is 5.26 Å². The van der Waals surface area contributed by atoms with Gasteiger partial charge in [-0.25, -0.2) is 5.48 Å². The van der Waals surface area contributed by atoms with Crippen LogP contribution in [0.5, 0.6) is 0 Å². The van der Waals surface area contributed by atoms with Crippen molar-refractivity contribution >= 4 is 0 Å². The van der Waals surface area contributed by atoms with Crippen LogP contribution in [0.4, 0.5) is 0 Å². The molecule has 0 spiro atoms. The van der Waals surface area contributed by atoms with Gasteiger partial charge in [0, 0.05) is 12.6 Å². The van der Waals surface area contributed by atoms with Gasteiger partial charge in [0.15, 0.2) is 0 Å². The molecule has 0 aliphatic heterocycles. The Morgan fingerprint density at radius 2 is 2.20 bits per heavy atom. The van der Waals surface area contributed by atoms with E-state index < -0.39 is 0 Å². The Morgan fingerprint density at radius 1 is 1.47 bits per heavy atom. The van der Waals surface area contributed by atoms with Gasteiger partial charge in [-0.1, -0.05) is 31.5 Å². The van der Waals surface area contributed by atoms with Gasteiger partial charge in [0.05, 0.1) is 11.6 Å². The van der Waals surface area contributed by atoms with E-state index in [1.165, 1.54) is 0 Å². The highest BCUT2D eigenvalue weighted by Gasteiger charge is 2.14. The van der Waals surface area contributed by atoms with E-state index in [0.29, 0.717) is 5.56 Å². The molecule has 0 saturated carbocycles. The van der Waals surface area contributed by atoms with Gasteiger partial charge in [-0.3, -0.25) is 4.84 Å². The highest BCUT2D eigenvalue weighted by atomic mass is 16.7. The van der Waals surface area contributed by atoms with E-state index in [2.05, 4.69) is 18.5 Å². The monoisotopic (exact) mass is 204 g/mol. The summed E-state index contributed by atoms with van der Waals surface area (Å²) in [6.07, 6.45) is 1.88. The predicted octanol–water partition coefficient (Wildman–Crippen LogP) is 2.55. The van der Waals surface area contributed by atoms with Crippen molar-refractivity contribution in [3.63, 3.8) is 0 Å². The summed E-state index contributed by atoms with van der Waals surface area (Å²) < 4.78 is 0. The van der Waals surface area contributed by atoms with Gasteiger partial charge < -0.3 is 0 Å². The smallest absolute Gasteiger partial charge is 0.105 e. The second kappa shape index (κ2) is 6.18. The highest BCUT2D eigenvalue weighted by Crippen LogP contribution is 2.24. The van der Waals surface area contributed by atoms with Crippen molar-refractivity contribution in [1.82, 2.24) is 5.48 Å². The van der Waals surface area contributed by atoms with Crippen LogP contribution < -0.4 is 5.48 Å². The molecule has 0 amide bonds. The molecule has 1 unspecified atom stereocenters. The van der Waals surface area contributed by atoms with Crippen molar-refractivity contribution in [2.45, 2.75) is 25.9 Å². The zero-order chi connectivity index (χ0) is 11.1. The van der Waals surface area contributed by atoms with Gasteiger partial charge in [0.2, 0.25) is 0 Å². The molecule has 3 heteroatoms. The number of hydrogen-bond donors (Lipinski definition) is 1. The molecule has 1 rings (SSSR count). The molecule has 0 fully saturated rings. The van der Waals surface area contributed by atoms with Crippen LogP contribution in [0.15, 0.2) is 24.3 Å². The first-order valence-electron chi connectivity index (χ1n) is 5.14. The maximum Gasteiger partial charge on any atom is 0.105 e. The first kappa shape index (κ1) is 11.7. The third-order valence-corrected chi connectivity index (χ3v) is 2.24. The molecule has 0 radical (unpaired) electrons. The lowest BCUT2D eigenvalue weighted by molar-refractivity contribution is -0.0185. The first-order chi connectivity index (χ1) is 7.33. The van der Waals surface area contributed by atoms with Gasteiger partial charge in [0.1, 0.15) is 6.10 Å². The van der Waals surface area contributed by atoms with E-state index in [4.69, 9.17) is 10.1 Å². The number of benzene rings is 1. The molecule has 3 nitrogen and oxygen atoms in total. The fourth-order valence-electron chi connectivity index (χ4n) is 1.56. The van der Waals surface area contributed by atoms with Gasteiger partial charge in [0.25, 0.3) is 0 Å². The summed E-state index contributed by atoms with van der Waals surface area (Å²) in [6.45, 7) is 2.10. The van der Waals surface area contributed by atoms with Crippen LogP contribution in [0.2, 0.25) is 0 Å². The Labute approximate surface area is 90.6 Å². The van der Waals surface area contributed by atoms with Crippen LogP contribution >= 0.6 is 0 Å². The minimum absolute atomic E-state index is 0.0455. The van der Waals surface area contributed by atoms with Gasteiger partial charge in [-0.15, -0.1) is 0 Å². The van der Waals surface area contributed by atoms with E-state index in [1.807, 2.05) is 24.3 Å². The zero-order valence-electron chi connectivity index (χ0n) is 9.16. The molecule has 0 bridgehead atoms. The van der Waals surface area contributed by atoms with Crippen LogP contribution in [0.25, 0.3) is 0 Å². The molecule has 1 aromatic rings. The fourth-order valence-corrected chi connectivity index (χ4v) is 1.56. The third kappa shape index (κ3) is 3.05. The van der Waals surface area contributed by atoms with E-state index in [-0.39, 0.29) is 6.10 Å². The van der Waals surface area contributed by atoms with Gasteiger partial charge in [-0.2, -0.15) is 5.26 Å². The number of hydrogen-bond acceptors (Lipinski definition) is 3. The maximum atomic E-state index is 8.98. The van der Waals surface area contributed by atoms with Crippen molar-refractivity contribution < 1.29 is 4.84 Å². The van der Waals surface area contributed by atoms with Crippen LogP contribution in [0.1, 0.15) is 37.0 Å². The molecule has 0 heterocycles. The SMILES string of the molecule is CCCC(ONC)c1ccccc1C#N. The van der Waals surface area contributed by atoms with Crippen LogP contribution in [-0.2, 0) is 4.84 Å². The Bertz CT molecular complexity index is 338. The minimum atomic E-state index is -0.0455. The molecular weight excluding hydrogens is 188 g/mol. The molecule has 1 atom stereocenters. The molecule has 0 aromatic heterocycles. The summed E-state index contributed by atoms with van der Waals surface area (Å²) in [5.74, 6) is 0. The topological polar surface area (TPSA) is 45.0 Å². The number of nitrogens with one attached hydrogen (secondary N) is 1. The summed E-state index contributed by atoms with van der Waals surface area (Å²) in [6, 6.07) is 9.74.